The quantitative estimate of drug-likeness (QED) is 0.321. The van der Waals surface area contributed by atoms with Gasteiger partial charge in [-0.15, -0.1) is 24.0 Å². The minimum absolute atomic E-state index is 0. The molecule has 1 amide bonds. The molecule has 0 unspecified atom stereocenters. The SMILES string of the molecule is CN=C(NCCC(=O)NC1CCCCC1)NCc1oc2ccccc2c1C.I. The smallest absolute Gasteiger partial charge is 0.221 e. The summed E-state index contributed by atoms with van der Waals surface area (Å²) < 4.78 is 5.91. The zero-order valence-electron chi connectivity index (χ0n) is 16.7. The predicted molar refractivity (Wildman–Crippen MR) is 124 cm³/mol. The van der Waals surface area contributed by atoms with E-state index in [1.54, 1.807) is 7.05 Å². The molecule has 28 heavy (non-hydrogen) atoms. The number of hydrogen-bond acceptors (Lipinski definition) is 3. The first-order chi connectivity index (χ1) is 13.2. The van der Waals surface area contributed by atoms with Crippen molar-refractivity contribution < 1.29 is 9.21 Å². The Morgan fingerprint density at radius 1 is 1.18 bits per heavy atom. The number of para-hydroxylation sites is 1. The summed E-state index contributed by atoms with van der Waals surface area (Å²) in [5.74, 6) is 1.67. The van der Waals surface area contributed by atoms with Gasteiger partial charge in [-0.1, -0.05) is 37.5 Å². The van der Waals surface area contributed by atoms with Crippen LogP contribution in [0.2, 0.25) is 0 Å². The van der Waals surface area contributed by atoms with Gasteiger partial charge < -0.3 is 20.4 Å². The molecule has 1 aromatic carbocycles. The first kappa shape index (κ1) is 22.5. The normalized spacial score (nSPS) is 15.1. The van der Waals surface area contributed by atoms with Gasteiger partial charge in [0.05, 0.1) is 6.54 Å². The van der Waals surface area contributed by atoms with Crippen molar-refractivity contribution >= 4 is 46.8 Å². The fourth-order valence-electron chi connectivity index (χ4n) is 3.62. The van der Waals surface area contributed by atoms with E-state index in [0.29, 0.717) is 31.5 Å². The summed E-state index contributed by atoms with van der Waals surface area (Å²) in [5.41, 5.74) is 2.04. The second-order valence-corrected chi connectivity index (χ2v) is 7.15. The summed E-state index contributed by atoms with van der Waals surface area (Å²) in [6.07, 6.45) is 6.40. The molecule has 1 fully saturated rings. The van der Waals surface area contributed by atoms with Crippen LogP contribution in [0.15, 0.2) is 33.7 Å². The van der Waals surface area contributed by atoms with E-state index in [0.717, 1.165) is 35.1 Å². The first-order valence-electron chi connectivity index (χ1n) is 9.88. The Morgan fingerprint density at radius 2 is 1.93 bits per heavy atom. The van der Waals surface area contributed by atoms with E-state index in [4.69, 9.17) is 4.42 Å². The maximum atomic E-state index is 12.1. The molecular formula is C21H31IN4O2. The van der Waals surface area contributed by atoms with E-state index in [1.165, 1.54) is 19.3 Å². The zero-order chi connectivity index (χ0) is 19.1. The number of carbonyl (C=O) groups excluding carboxylic acids is 1. The second kappa shape index (κ2) is 11.3. The number of halogens is 1. The van der Waals surface area contributed by atoms with Crippen molar-refractivity contribution in [2.45, 2.75) is 58.0 Å². The number of guanidine groups is 1. The van der Waals surface area contributed by atoms with Gasteiger partial charge in [-0.05, 0) is 25.8 Å². The Kier molecular flexibility index (Phi) is 9.08. The van der Waals surface area contributed by atoms with E-state index in [-0.39, 0.29) is 29.9 Å². The Labute approximate surface area is 183 Å². The van der Waals surface area contributed by atoms with Crippen LogP contribution in [0.25, 0.3) is 11.0 Å². The third kappa shape index (κ3) is 6.12. The van der Waals surface area contributed by atoms with Gasteiger partial charge in [-0.3, -0.25) is 9.79 Å². The maximum Gasteiger partial charge on any atom is 0.221 e. The minimum Gasteiger partial charge on any atom is -0.459 e. The molecule has 1 aliphatic carbocycles. The van der Waals surface area contributed by atoms with Crippen LogP contribution in [0.4, 0.5) is 0 Å². The van der Waals surface area contributed by atoms with Crippen LogP contribution in [0, 0.1) is 6.92 Å². The van der Waals surface area contributed by atoms with Crippen LogP contribution >= 0.6 is 24.0 Å². The van der Waals surface area contributed by atoms with Gasteiger partial charge in [-0.25, -0.2) is 0 Å². The number of fused-ring (bicyclic) bond motifs is 1. The number of aliphatic imine (C=N–C) groups is 1. The van der Waals surface area contributed by atoms with Crippen molar-refractivity contribution in [3.63, 3.8) is 0 Å². The van der Waals surface area contributed by atoms with E-state index in [1.807, 2.05) is 18.2 Å². The zero-order valence-corrected chi connectivity index (χ0v) is 19.0. The summed E-state index contributed by atoms with van der Waals surface area (Å²) in [5, 5.41) is 10.7. The molecule has 1 saturated carbocycles. The van der Waals surface area contributed by atoms with Crippen LogP contribution in [0.1, 0.15) is 49.8 Å². The molecule has 1 aromatic heterocycles. The van der Waals surface area contributed by atoms with Crippen molar-refractivity contribution in [3.8, 4) is 0 Å². The molecule has 2 aromatic rings. The van der Waals surface area contributed by atoms with Gasteiger partial charge in [0.25, 0.3) is 0 Å². The first-order valence-corrected chi connectivity index (χ1v) is 9.88. The van der Waals surface area contributed by atoms with Gasteiger partial charge in [-0.2, -0.15) is 0 Å². The Bertz CT molecular complexity index is 797. The maximum absolute atomic E-state index is 12.1. The highest BCUT2D eigenvalue weighted by atomic mass is 127. The summed E-state index contributed by atoms with van der Waals surface area (Å²) in [4.78, 5) is 16.3. The van der Waals surface area contributed by atoms with Crippen molar-refractivity contribution in [3.05, 3.63) is 35.6 Å². The summed E-state index contributed by atoms with van der Waals surface area (Å²) in [6, 6.07) is 8.39. The summed E-state index contributed by atoms with van der Waals surface area (Å²) in [6.45, 7) is 3.17. The minimum atomic E-state index is 0. The van der Waals surface area contributed by atoms with Gasteiger partial charge in [0, 0.05) is 37.0 Å². The number of nitrogens with zero attached hydrogens (tertiary/aromatic N) is 1. The van der Waals surface area contributed by atoms with E-state index >= 15 is 0 Å². The summed E-state index contributed by atoms with van der Waals surface area (Å²) in [7, 11) is 1.73. The molecule has 154 valence electrons. The molecule has 0 atom stereocenters. The molecule has 0 bridgehead atoms. The third-order valence-electron chi connectivity index (χ3n) is 5.20. The van der Waals surface area contributed by atoms with Crippen molar-refractivity contribution in [2.75, 3.05) is 13.6 Å². The molecule has 1 aliphatic rings. The molecule has 3 N–H and O–H groups in total. The lowest BCUT2D eigenvalue weighted by molar-refractivity contribution is -0.121. The average molecular weight is 498 g/mol. The Morgan fingerprint density at radius 3 is 2.64 bits per heavy atom. The van der Waals surface area contributed by atoms with Crippen molar-refractivity contribution in [1.29, 1.82) is 0 Å². The number of hydrogen-bond donors (Lipinski definition) is 3. The number of carbonyl (C=O) groups is 1. The van der Waals surface area contributed by atoms with Crippen molar-refractivity contribution in [2.24, 2.45) is 4.99 Å². The van der Waals surface area contributed by atoms with Crippen LogP contribution in [0.3, 0.4) is 0 Å². The topological polar surface area (TPSA) is 78.7 Å². The van der Waals surface area contributed by atoms with Crippen LogP contribution in [0.5, 0.6) is 0 Å². The van der Waals surface area contributed by atoms with Crippen LogP contribution in [-0.4, -0.2) is 31.5 Å². The molecule has 6 nitrogen and oxygen atoms in total. The van der Waals surface area contributed by atoms with E-state index < -0.39 is 0 Å². The molecule has 0 saturated heterocycles. The lowest BCUT2D eigenvalue weighted by Gasteiger charge is -2.22. The predicted octanol–water partition coefficient (Wildman–Crippen LogP) is 3.86. The molecule has 1 heterocycles. The standard InChI is InChI=1S/C21H30N4O2.HI/c1-15-17-10-6-7-11-18(17)27-19(15)14-24-21(22-2)23-13-12-20(26)25-16-8-4-3-5-9-16;/h6-7,10-11,16H,3-5,8-9,12-14H2,1-2H3,(H,25,26)(H2,22,23,24);1H. The second-order valence-electron chi connectivity index (χ2n) is 7.15. The average Bonchev–Trinajstić information content (AvgIpc) is 3.01. The van der Waals surface area contributed by atoms with Gasteiger partial charge in [0.1, 0.15) is 11.3 Å². The molecular weight excluding hydrogens is 467 g/mol. The lowest BCUT2D eigenvalue weighted by atomic mass is 9.95. The van der Waals surface area contributed by atoms with Gasteiger partial charge in [0.15, 0.2) is 5.96 Å². The van der Waals surface area contributed by atoms with Crippen LogP contribution < -0.4 is 16.0 Å². The highest BCUT2D eigenvalue weighted by Gasteiger charge is 2.15. The fraction of sp³-hybridized carbons (Fsp3) is 0.524. The highest BCUT2D eigenvalue weighted by molar-refractivity contribution is 14.0. The lowest BCUT2D eigenvalue weighted by Crippen LogP contribution is -2.41. The molecule has 0 radical (unpaired) electrons. The molecule has 3 rings (SSSR count). The number of rotatable bonds is 6. The molecule has 0 aliphatic heterocycles. The van der Waals surface area contributed by atoms with E-state index in [9.17, 15) is 4.79 Å². The number of aryl methyl sites for hydroxylation is 1. The van der Waals surface area contributed by atoms with E-state index in [2.05, 4.69) is 33.9 Å². The van der Waals surface area contributed by atoms with Crippen LogP contribution in [-0.2, 0) is 11.3 Å². The fourth-order valence-corrected chi connectivity index (χ4v) is 3.62. The Balaban J connectivity index is 0.00000280. The van der Waals surface area contributed by atoms with Gasteiger partial charge >= 0.3 is 0 Å². The molecule has 0 spiro atoms. The monoisotopic (exact) mass is 498 g/mol. The van der Waals surface area contributed by atoms with Gasteiger partial charge in [0.2, 0.25) is 5.91 Å². The highest BCUT2D eigenvalue weighted by Crippen LogP contribution is 2.24. The number of nitrogens with one attached hydrogen (secondary N) is 3. The largest absolute Gasteiger partial charge is 0.459 e. The Hall–Kier alpha value is -1.77. The third-order valence-corrected chi connectivity index (χ3v) is 5.20. The molecule has 7 heteroatoms. The number of amides is 1. The summed E-state index contributed by atoms with van der Waals surface area (Å²) >= 11 is 0. The number of benzene rings is 1. The van der Waals surface area contributed by atoms with Crippen molar-refractivity contribution in [1.82, 2.24) is 16.0 Å². The number of furan rings is 1.